The largest absolute Gasteiger partial charge is 0.480 e. The average Bonchev–Trinajstić information content (AvgIpc) is 1.87. The Morgan fingerprint density at radius 1 is 1.64 bits per heavy atom. The molecule has 0 rings (SSSR count). The van der Waals surface area contributed by atoms with Crippen LogP contribution in [0.1, 0.15) is 33.6 Å². The molecule has 0 fully saturated rings. The van der Waals surface area contributed by atoms with E-state index in [0.29, 0.717) is 6.42 Å². The van der Waals surface area contributed by atoms with Gasteiger partial charge in [-0.05, 0) is 11.8 Å². The molecule has 0 saturated carbocycles. The van der Waals surface area contributed by atoms with Gasteiger partial charge in [0.2, 0.25) is 0 Å². The van der Waals surface area contributed by atoms with Crippen LogP contribution in [-0.4, -0.2) is 17.1 Å². The molecule has 0 aromatic heterocycles. The maximum Gasteiger partial charge on any atom is 0.320 e. The van der Waals surface area contributed by atoms with Crippen LogP contribution in [0.3, 0.4) is 0 Å². The van der Waals surface area contributed by atoms with E-state index in [-0.39, 0.29) is 5.41 Å². The smallest absolute Gasteiger partial charge is 0.320 e. The first-order chi connectivity index (χ1) is 4.89. The van der Waals surface area contributed by atoms with E-state index < -0.39 is 12.0 Å². The van der Waals surface area contributed by atoms with E-state index >= 15 is 0 Å². The van der Waals surface area contributed by atoms with Crippen molar-refractivity contribution in [2.75, 3.05) is 0 Å². The van der Waals surface area contributed by atoms with Crippen molar-refractivity contribution >= 4 is 5.97 Å². The Morgan fingerprint density at radius 3 is 2.36 bits per heavy atom. The van der Waals surface area contributed by atoms with Crippen LogP contribution >= 0.6 is 0 Å². The van der Waals surface area contributed by atoms with E-state index in [1.54, 1.807) is 0 Å². The van der Waals surface area contributed by atoms with Crippen molar-refractivity contribution in [2.24, 2.45) is 11.1 Å². The molecule has 66 valence electrons. The zero-order chi connectivity index (χ0) is 9.07. The van der Waals surface area contributed by atoms with Crippen molar-refractivity contribution in [3.05, 3.63) is 0 Å². The van der Waals surface area contributed by atoms with Gasteiger partial charge in [0.15, 0.2) is 0 Å². The lowest BCUT2D eigenvalue weighted by molar-refractivity contribution is -0.139. The number of nitrogens with two attached hydrogens (primary N) is 1. The summed E-state index contributed by atoms with van der Waals surface area (Å²) >= 11 is 0. The van der Waals surface area contributed by atoms with Crippen molar-refractivity contribution in [2.45, 2.75) is 39.7 Å². The molecule has 0 aliphatic heterocycles. The van der Waals surface area contributed by atoms with Crippen molar-refractivity contribution in [3.63, 3.8) is 0 Å². The molecule has 0 aliphatic rings. The average molecular weight is 159 g/mol. The Labute approximate surface area is 67.6 Å². The molecule has 3 heteroatoms. The molecule has 1 unspecified atom stereocenters. The summed E-state index contributed by atoms with van der Waals surface area (Å²) in [5, 5.41) is 8.52. The van der Waals surface area contributed by atoms with Crippen LogP contribution in [-0.2, 0) is 4.79 Å². The summed E-state index contributed by atoms with van der Waals surface area (Å²) in [5.74, 6) is -0.911. The van der Waals surface area contributed by atoms with Crippen molar-refractivity contribution in [1.82, 2.24) is 0 Å². The number of carboxylic acid groups (broad SMARTS) is 1. The number of hydrogen-bond donors (Lipinski definition) is 2. The molecule has 11 heavy (non-hydrogen) atoms. The predicted molar refractivity (Wildman–Crippen MR) is 44.3 cm³/mol. The minimum absolute atomic E-state index is 0.0395. The van der Waals surface area contributed by atoms with Gasteiger partial charge in [-0.2, -0.15) is 0 Å². The van der Waals surface area contributed by atoms with E-state index in [4.69, 9.17) is 10.8 Å². The van der Waals surface area contributed by atoms with Crippen molar-refractivity contribution < 1.29 is 9.90 Å². The van der Waals surface area contributed by atoms with Crippen molar-refractivity contribution in [1.29, 1.82) is 0 Å². The highest BCUT2D eigenvalue weighted by Crippen LogP contribution is 2.25. The Morgan fingerprint density at radius 2 is 2.09 bits per heavy atom. The fourth-order valence-electron chi connectivity index (χ4n) is 0.827. The van der Waals surface area contributed by atoms with Crippen LogP contribution in [0.4, 0.5) is 0 Å². The normalized spacial score (nSPS) is 14.5. The van der Waals surface area contributed by atoms with Gasteiger partial charge in [-0.1, -0.05) is 27.2 Å². The molecule has 0 aliphatic carbocycles. The van der Waals surface area contributed by atoms with Crippen LogP contribution in [0.2, 0.25) is 0 Å². The molecular weight excluding hydrogens is 142 g/mol. The number of carboxylic acids is 1. The molecule has 0 saturated heterocycles. The zero-order valence-corrected chi connectivity index (χ0v) is 7.42. The first kappa shape index (κ1) is 10.4. The molecule has 3 nitrogen and oxygen atoms in total. The molecule has 0 aromatic carbocycles. The molecule has 0 heterocycles. The van der Waals surface area contributed by atoms with E-state index in [1.807, 2.05) is 20.8 Å². The summed E-state index contributed by atoms with van der Waals surface area (Å²) in [6, 6.07) is -0.718. The van der Waals surface area contributed by atoms with Gasteiger partial charge in [0.1, 0.15) is 6.04 Å². The van der Waals surface area contributed by atoms with E-state index in [1.165, 1.54) is 0 Å². The van der Waals surface area contributed by atoms with E-state index in [2.05, 4.69) is 0 Å². The molecule has 1 atom stereocenters. The second-order valence-corrected chi connectivity index (χ2v) is 3.67. The third-order valence-corrected chi connectivity index (χ3v) is 2.05. The third kappa shape index (κ3) is 3.98. The summed E-state index contributed by atoms with van der Waals surface area (Å²) < 4.78 is 0. The quantitative estimate of drug-likeness (QED) is 0.648. The van der Waals surface area contributed by atoms with Gasteiger partial charge < -0.3 is 10.8 Å². The van der Waals surface area contributed by atoms with Crippen molar-refractivity contribution in [3.8, 4) is 0 Å². The highest BCUT2D eigenvalue weighted by Gasteiger charge is 2.22. The standard InChI is InChI=1S/C8H17NO2/c1-4-8(2,3)5-6(9)7(10)11/h6H,4-5,9H2,1-3H3,(H,10,11). The van der Waals surface area contributed by atoms with Gasteiger partial charge in [0.25, 0.3) is 0 Å². The summed E-state index contributed by atoms with van der Waals surface area (Å²) in [7, 11) is 0. The third-order valence-electron chi connectivity index (χ3n) is 2.05. The summed E-state index contributed by atoms with van der Waals surface area (Å²) in [4.78, 5) is 10.4. The molecule has 3 N–H and O–H groups in total. The van der Waals surface area contributed by atoms with E-state index in [0.717, 1.165) is 6.42 Å². The SMILES string of the molecule is CCC(C)(C)CC(N)C(=O)O. The molecule has 0 bridgehead atoms. The zero-order valence-electron chi connectivity index (χ0n) is 7.42. The Bertz CT molecular complexity index is 143. The van der Waals surface area contributed by atoms with Gasteiger partial charge in [0, 0.05) is 0 Å². The lowest BCUT2D eigenvalue weighted by Crippen LogP contribution is -2.34. The van der Waals surface area contributed by atoms with Crippen LogP contribution in [0, 0.1) is 5.41 Å². The monoisotopic (exact) mass is 159 g/mol. The fraction of sp³-hybridized carbons (Fsp3) is 0.875. The maximum absolute atomic E-state index is 10.4. The number of carbonyl (C=O) groups is 1. The topological polar surface area (TPSA) is 63.3 Å². The molecule has 0 amide bonds. The van der Waals surface area contributed by atoms with Gasteiger partial charge in [-0.3, -0.25) is 4.79 Å². The lowest BCUT2D eigenvalue weighted by atomic mass is 9.83. The van der Waals surface area contributed by atoms with Gasteiger partial charge in [0.05, 0.1) is 0 Å². The minimum atomic E-state index is -0.911. The second-order valence-electron chi connectivity index (χ2n) is 3.67. The maximum atomic E-state index is 10.4. The summed E-state index contributed by atoms with van der Waals surface area (Å²) in [6.45, 7) is 6.08. The lowest BCUT2D eigenvalue weighted by Gasteiger charge is -2.24. The van der Waals surface area contributed by atoms with Crippen LogP contribution in [0.5, 0.6) is 0 Å². The molecule has 0 aromatic rings. The number of rotatable bonds is 4. The minimum Gasteiger partial charge on any atom is -0.480 e. The second kappa shape index (κ2) is 3.72. The summed E-state index contributed by atoms with van der Waals surface area (Å²) in [5.41, 5.74) is 5.42. The highest BCUT2D eigenvalue weighted by atomic mass is 16.4. The van der Waals surface area contributed by atoms with Crippen LogP contribution in [0.25, 0.3) is 0 Å². The Kier molecular flexibility index (Phi) is 3.52. The first-order valence-electron chi connectivity index (χ1n) is 3.87. The fourth-order valence-corrected chi connectivity index (χ4v) is 0.827. The molecule has 0 spiro atoms. The van der Waals surface area contributed by atoms with Gasteiger partial charge in [-0.25, -0.2) is 0 Å². The number of hydrogen-bond acceptors (Lipinski definition) is 2. The first-order valence-corrected chi connectivity index (χ1v) is 3.87. The Hall–Kier alpha value is -0.570. The van der Waals surface area contributed by atoms with Gasteiger partial charge in [-0.15, -0.1) is 0 Å². The van der Waals surface area contributed by atoms with E-state index in [9.17, 15) is 4.79 Å². The highest BCUT2D eigenvalue weighted by molar-refractivity contribution is 5.73. The number of aliphatic carboxylic acids is 1. The van der Waals surface area contributed by atoms with Crippen LogP contribution < -0.4 is 5.73 Å². The molecule has 0 radical (unpaired) electrons. The summed E-state index contributed by atoms with van der Waals surface area (Å²) in [6.07, 6.45) is 1.49. The predicted octanol–water partition coefficient (Wildman–Crippen LogP) is 1.22. The Balaban J connectivity index is 3.93. The molecular formula is C8H17NO2. The van der Waals surface area contributed by atoms with Gasteiger partial charge >= 0.3 is 5.97 Å². The van der Waals surface area contributed by atoms with Crippen LogP contribution in [0.15, 0.2) is 0 Å².